The fourth-order valence-corrected chi connectivity index (χ4v) is 4.82. The van der Waals surface area contributed by atoms with Crippen molar-refractivity contribution in [1.82, 2.24) is 14.7 Å². The highest BCUT2D eigenvalue weighted by Crippen LogP contribution is 2.24. The van der Waals surface area contributed by atoms with Gasteiger partial charge in [-0.3, -0.25) is 0 Å². The highest BCUT2D eigenvalue weighted by atomic mass is 32.2. The molecule has 0 atom stereocenters. The van der Waals surface area contributed by atoms with E-state index < -0.39 is 15.8 Å². The summed E-state index contributed by atoms with van der Waals surface area (Å²) in [5.74, 6) is -0.510. The van der Waals surface area contributed by atoms with E-state index in [1.54, 1.807) is 17.5 Å². The number of hydrogen-bond donors (Lipinski definition) is 1. The summed E-state index contributed by atoms with van der Waals surface area (Å²) in [6.45, 7) is 0. The lowest BCUT2D eigenvalue weighted by Crippen LogP contribution is -2.39. The van der Waals surface area contributed by atoms with E-state index in [0.29, 0.717) is 29.9 Å². The molecule has 0 amide bonds. The smallest absolute Gasteiger partial charge is 0.316 e. The van der Waals surface area contributed by atoms with E-state index in [2.05, 4.69) is 14.7 Å². The van der Waals surface area contributed by atoms with Crippen LogP contribution >= 0.6 is 11.3 Å². The van der Waals surface area contributed by atoms with Gasteiger partial charge >= 0.3 is 6.01 Å². The Labute approximate surface area is 137 Å². The molecule has 0 saturated heterocycles. The van der Waals surface area contributed by atoms with Gasteiger partial charge in [0, 0.05) is 6.04 Å². The first-order valence-electron chi connectivity index (χ1n) is 7.23. The number of nitrogens with zero attached hydrogens (tertiary/aromatic N) is 2. The van der Waals surface area contributed by atoms with Gasteiger partial charge in [-0.25, -0.2) is 27.5 Å². The second-order valence-corrected chi connectivity index (χ2v) is 8.22. The van der Waals surface area contributed by atoms with Crippen molar-refractivity contribution in [2.45, 2.75) is 42.0 Å². The number of thiophene rings is 1. The Kier molecular flexibility index (Phi) is 4.88. The second-order valence-electron chi connectivity index (χ2n) is 5.33. The van der Waals surface area contributed by atoms with Crippen molar-refractivity contribution in [3.8, 4) is 6.01 Å². The molecule has 0 aliphatic heterocycles. The van der Waals surface area contributed by atoms with Crippen LogP contribution in [0.4, 0.5) is 4.39 Å². The largest absolute Gasteiger partial charge is 0.460 e. The van der Waals surface area contributed by atoms with Gasteiger partial charge in [0.05, 0.1) is 12.4 Å². The van der Waals surface area contributed by atoms with Crippen molar-refractivity contribution in [2.75, 3.05) is 0 Å². The quantitative estimate of drug-likeness (QED) is 0.888. The Hall–Kier alpha value is -1.58. The van der Waals surface area contributed by atoms with Crippen LogP contribution < -0.4 is 9.46 Å². The van der Waals surface area contributed by atoms with Crippen LogP contribution in [-0.2, 0) is 10.0 Å². The fourth-order valence-electron chi connectivity index (χ4n) is 2.50. The van der Waals surface area contributed by atoms with Crippen LogP contribution in [0, 0.1) is 5.82 Å². The highest BCUT2D eigenvalue weighted by molar-refractivity contribution is 7.91. The zero-order valence-corrected chi connectivity index (χ0v) is 13.8. The van der Waals surface area contributed by atoms with Gasteiger partial charge in [0.1, 0.15) is 10.3 Å². The number of halogens is 1. The summed E-state index contributed by atoms with van der Waals surface area (Å²) in [5.41, 5.74) is 0. The third-order valence-corrected chi connectivity index (χ3v) is 6.54. The van der Waals surface area contributed by atoms with Crippen molar-refractivity contribution in [3.05, 3.63) is 35.7 Å². The molecule has 0 unspecified atom stereocenters. The summed E-state index contributed by atoms with van der Waals surface area (Å²) in [6, 6.07) is 3.35. The first-order valence-corrected chi connectivity index (χ1v) is 9.59. The molecule has 0 bridgehead atoms. The van der Waals surface area contributed by atoms with Crippen molar-refractivity contribution < 1.29 is 17.5 Å². The molecular formula is C14H16FN3O3S2. The maximum atomic E-state index is 12.7. The normalized spacial score (nSPS) is 22.0. The molecule has 1 fully saturated rings. The maximum absolute atomic E-state index is 12.7. The minimum atomic E-state index is -3.44. The minimum absolute atomic E-state index is 0.0806. The van der Waals surface area contributed by atoms with Crippen LogP contribution in [0.1, 0.15) is 25.7 Å². The first kappa shape index (κ1) is 16.3. The molecular weight excluding hydrogens is 341 g/mol. The van der Waals surface area contributed by atoms with Gasteiger partial charge in [0.25, 0.3) is 0 Å². The van der Waals surface area contributed by atoms with Crippen molar-refractivity contribution >= 4 is 21.4 Å². The standard InChI is InChI=1S/C14H16FN3O3S2/c15-10-8-16-14(17-9-10)21-12-5-3-11(4-6-12)18-23(19,20)13-2-1-7-22-13/h1-2,7-9,11-12,18H,3-6H2. The van der Waals surface area contributed by atoms with Gasteiger partial charge in [0.15, 0.2) is 5.82 Å². The Morgan fingerprint density at radius 3 is 2.52 bits per heavy atom. The predicted molar refractivity (Wildman–Crippen MR) is 83.3 cm³/mol. The molecule has 2 aromatic rings. The molecule has 1 aliphatic rings. The summed E-state index contributed by atoms with van der Waals surface area (Å²) >= 11 is 1.20. The molecule has 1 aliphatic carbocycles. The molecule has 23 heavy (non-hydrogen) atoms. The lowest BCUT2D eigenvalue weighted by atomic mass is 9.94. The van der Waals surface area contributed by atoms with Gasteiger partial charge < -0.3 is 4.74 Å². The lowest BCUT2D eigenvalue weighted by Gasteiger charge is -2.28. The van der Waals surface area contributed by atoms with Crippen LogP contribution in [0.3, 0.4) is 0 Å². The molecule has 0 spiro atoms. The number of hydrogen-bond acceptors (Lipinski definition) is 6. The van der Waals surface area contributed by atoms with Gasteiger partial charge in [-0.15, -0.1) is 11.3 Å². The average Bonchev–Trinajstić information content (AvgIpc) is 3.07. The summed E-state index contributed by atoms with van der Waals surface area (Å²) in [4.78, 5) is 7.53. The Balaban J connectivity index is 1.51. The van der Waals surface area contributed by atoms with Crippen molar-refractivity contribution in [1.29, 1.82) is 0 Å². The lowest BCUT2D eigenvalue weighted by molar-refractivity contribution is 0.132. The minimum Gasteiger partial charge on any atom is -0.460 e. The number of aromatic nitrogens is 2. The summed E-state index contributed by atoms with van der Waals surface area (Å²) in [7, 11) is -3.44. The van der Waals surface area contributed by atoms with E-state index in [0.717, 1.165) is 12.4 Å². The van der Waals surface area contributed by atoms with E-state index in [9.17, 15) is 12.8 Å². The van der Waals surface area contributed by atoms with E-state index in [1.807, 2.05) is 0 Å². The molecule has 1 N–H and O–H groups in total. The predicted octanol–water partition coefficient (Wildman–Crippen LogP) is 2.35. The zero-order valence-electron chi connectivity index (χ0n) is 12.2. The summed E-state index contributed by atoms with van der Waals surface area (Å²) in [5, 5.41) is 1.74. The average molecular weight is 357 g/mol. The molecule has 3 rings (SSSR count). The molecule has 0 radical (unpaired) electrons. The summed E-state index contributed by atoms with van der Waals surface area (Å²) in [6.07, 6.45) is 4.78. The van der Waals surface area contributed by atoms with Gasteiger partial charge in [-0.05, 0) is 37.1 Å². The highest BCUT2D eigenvalue weighted by Gasteiger charge is 2.27. The second kappa shape index (κ2) is 6.90. The molecule has 2 aromatic heterocycles. The number of rotatable bonds is 5. The van der Waals surface area contributed by atoms with Crippen molar-refractivity contribution in [3.63, 3.8) is 0 Å². The topological polar surface area (TPSA) is 81.2 Å². The molecule has 124 valence electrons. The van der Waals surface area contributed by atoms with Gasteiger partial charge in [0.2, 0.25) is 10.0 Å². The molecule has 6 nitrogen and oxygen atoms in total. The zero-order chi connectivity index (χ0) is 16.3. The van der Waals surface area contributed by atoms with E-state index in [1.165, 1.54) is 11.3 Å². The van der Waals surface area contributed by atoms with E-state index in [-0.39, 0.29) is 18.2 Å². The Morgan fingerprint density at radius 1 is 1.22 bits per heavy atom. The van der Waals surface area contributed by atoms with Crippen LogP contribution in [0.25, 0.3) is 0 Å². The summed E-state index contributed by atoms with van der Waals surface area (Å²) < 4.78 is 45.8. The molecule has 9 heteroatoms. The molecule has 0 aromatic carbocycles. The number of nitrogens with one attached hydrogen (secondary N) is 1. The molecule has 1 saturated carbocycles. The SMILES string of the molecule is O=S(=O)(NC1CCC(Oc2ncc(F)cn2)CC1)c1cccs1. The van der Waals surface area contributed by atoms with Crippen LogP contribution in [0.5, 0.6) is 6.01 Å². The first-order chi connectivity index (χ1) is 11.0. The number of ether oxygens (including phenoxy) is 1. The van der Waals surface area contributed by atoms with E-state index in [4.69, 9.17) is 4.74 Å². The molecule has 2 heterocycles. The van der Waals surface area contributed by atoms with Gasteiger partial charge in [-0.1, -0.05) is 6.07 Å². The van der Waals surface area contributed by atoms with Crippen LogP contribution in [0.2, 0.25) is 0 Å². The third-order valence-electron chi connectivity index (χ3n) is 3.62. The Bertz CT molecular complexity index is 727. The Morgan fingerprint density at radius 2 is 1.91 bits per heavy atom. The van der Waals surface area contributed by atoms with Crippen molar-refractivity contribution in [2.24, 2.45) is 0 Å². The third kappa shape index (κ3) is 4.24. The maximum Gasteiger partial charge on any atom is 0.316 e. The monoisotopic (exact) mass is 357 g/mol. The van der Waals surface area contributed by atoms with Gasteiger partial charge in [-0.2, -0.15) is 0 Å². The van der Waals surface area contributed by atoms with Crippen LogP contribution in [-0.4, -0.2) is 30.5 Å². The number of sulfonamides is 1. The fraction of sp³-hybridized carbons (Fsp3) is 0.429. The van der Waals surface area contributed by atoms with E-state index >= 15 is 0 Å². The van der Waals surface area contributed by atoms with Crippen LogP contribution in [0.15, 0.2) is 34.1 Å².